The topological polar surface area (TPSA) is 495 Å². The van der Waals surface area contributed by atoms with Crippen LogP contribution in [-0.2, 0) is 84.0 Å². The van der Waals surface area contributed by atoms with Crippen LogP contribution in [0.2, 0.25) is 0 Å². The summed E-state index contributed by atoms with van der Waals surface area (Å²) in [4.78, 5) is 175. The van der Waals surface area contributed by atoms with Crippen LogP contribution in [0.5, 0.6) is 51.7 Å². The third kappa shape index (κ3) is 26.1. The number of rotatable bonds is 41. The van der Waals surface area contributed by atoms with Gasteiger partial charge in [-0.15, -0.1) is 0 Å². The number of aromatic hydroxyl groups is 4. The molecule has 8 aromatic carbocycles. The largest absolute Gasteiger partial charge is 0.508 e. The lowest BCUT2D eigenvalue weighted by molar-refractivity contribution is -0.143. The summed E-state index contributed by atoms with van der Waals surface area (Å²) in [7, 11) is 4.67. The van der Waals surface area contributed by atoms with Gasteiger partial charge in [-0.05, 0) is 213 Å². The molecule has 8 atom stereocenters. The number of phenols is 4. The molecule has 1 aliphatic carbocycles. The first-order chi connectivity index (χ1) is 64.6. The number of nitrogens with zero attached hydrogens (tertiary/aromatic N) is 1. The van der Waals surface area contributed by atoms with E-state index in [9.17, 15) is 87.9 Å². The highest BCUT2D eigenvalue weighted by molar-refractivity contribution is 7.80. The molecule has 12 rings (SSSR count). The van der Waals surface area contributed by atoms with Crippen LogP contribution >= 0.6 is 12.2 Å². The Morgan fingerprint density at radius 3 is 1.84 bits per heavy atom. The number of urea groups is 1. The fraction of sp³-hybridized carbons (Fsp3) is 0.386. The summed E-state index contributed by atoms with van der Waals surface area (Å²) in [5, 5.41) is 71.8. The summed E-state index contributed by atoms with van der Waals surface area (Å²) in [6.45, 7) is 9.57. The van der Waals surface area contributed by atoms with E-state index >= 15 is 0 Å². The van der Waals surface area contributed by atoms with Gasteiger partial charge in [0.1, 0.15) is 46.6 Å². The lowest BCUT2D eigenvalue weighted by atomic mass is 9.77. The van der Waals surface area contributed by atoms with Gasteiger partial charge in [0.15, 0.2) is 39.6 Å². The third-order valence-electron chi connectivity index (χ3n) is 24.4. The smallest absolute Gasteiger partial charge is 0.340 e. The quantitative estimate of drug-likeness (QED) is 0.00961. The number of methoxy groups -OCH3 is 3. The molecule has 8 amide bonds. The van der Waals surface area contributed by atoms with Crippen LogP contribution < -0.4 is 72.6 Å². The van der Waals surface area contributed by atoms with Gasteiger partial charge < -0.3 is 102 Å². The zero-order chi connectivity index (χ0) is 97.5. The average molecular weight is 1870 g/mol. The number of hydrogen-bond donors (Lipinski definition) is 14. The van der Waals surface area contributed by atoms with Gasteiger partial charge in [-0.3, -0.25) is 52.7 Å². The number of ketones is 3. The van der Waals surface area contributed by atoms with Crippen molar-refractivity contribution in [2.75, 3.05) is 51.6 Å². The van der Waals surface area contributed by atoms with Gasteiger partial charge in [0.05, 0.1) is 50.7 Å². The lowest BCUT2D eigenvalue weighted by Gasteiger charge is -2.36. The van der Waals surface area contributed by atoms with Crippen molar-refractivity contribution in [1.82, 2.24) is 36.8 Å². The van der Waals surface area contributed by atoms with Crippen molar-refractivity contribution in [3.05, 3.63) is 218 Å². The van der Waals surface area contributed by atoms with Crippen LogP contribution in [0.25, 0.3) is 11.1 Å². The zero-order valence-electron chi connectivity index (χ0n) is 76.6. The Kier molecular flexibility index (Phi) is 35.0. The molecule has 4 aliphatic rings. The fourth-order valence-corrected chi connectivity index (χ4v) is 17.6. The van der Waals surface area contributed by atoms with Gasteiger partial charge in [-0.25, -0.2) is 9.59 Å². The number of aliphatic carboxylic acids is 1. The van der Waals surface area contributed by atoms with Crippen molar-refractivity contribution in [3.8, 4) is 62.9 Å². The third-order valence-corrected chi connectivity index (χ3v) is 24.6. The molecular formula is C101H116N10O23S. The number of fused-ring (bicyclic) bond motifs is 9. The van der Waals surface area contributed by atoms with E-state index in [2.05, 4.69) is 49.5 Å². The van der Waals surface area contributed by atoms with Gasteiger partial charge in [-0.2, -0.15) is 0 Å². The molecule has 0 bridgehead atoms. The maximum atomic E-state index is 14.3. The van der Waals surface area contributed by atoms with Crippen molar-refractivity contribution >= 4 is 99.5 Å². The average Bonchev–Trinajstić information content (AvgIpc) is 1.56. The number of amides is 8. The minimum Gasteiger partial charge on any atom is -0.508 e. The minimum atomic E-state index is -1.47. The normalized spacial score (nSPS) is 15.3. The number of nitrogens with one attached hydrogen (secondary N) is 8. The second kappa shape index (κ2) is 46.8. The number of carbonyl (C=O) groups is 12. The molecule has 1 spiro atoms. The van der Waals surface area contributed by atoms with Crippen LogP contribution in [0.3, 0.4) is 0 Å². The van der Waals surface area contributed by atoms with Crippen LogP contribution in [-0.4, -0.2) is 177 Å². The number of nitrogens with two attached hydrogens (primary N) is 1. The second-order valence-corrected chi connectivity index (χ2v) is 34.9. The zero-order valence-corrected chi connectivity index (χ0v) is 77.4. The first kappa shape index (κ1) is 101. The van der Waals surface area contributed by atoms with E-state index in [1.807, 2.05) is 56.3 Å². The molecular weight excluding hydrogens is 1750 g/mol. The molecule has 0 unspecified atom stereocenters. The summed E-state index contributed by atoms with van der Waals surface area (Å²) < 4.78 is 29.3. The molecule has 15 N–H and O–H groups in total. The van der Waals surface area contributed by atoms with Crippen LogP contribution in [0.4, 0.5) is 16.2 Å². The van der Waals surface area contributed by atoms with Crippen LogP contribution in [0.1, 0.15) is 185 Å². The molecule has 0 saturated carbocycles. The van der Waals surface area contributed by atoms with E-state index in [0.29, 0.717) is 83.7 Å². The number of carbonyl (C=O) groups excluding carboxylic acids is 11. The summed E-state index contributed by atoms with van der Waals surface area (Å²) in [6, 6.07) is 37.1. The standard InChI is InChI=1S/C55H62N8O14S.C46H54N2O9/c1-2-43(66)40(19-12-31-8-4-3-5-9-31)60-47(68)22-21-44(67)39(10-6-25-57-53(56)75)62-50(72)42-11-7-27-63(42)51(73)41(20-23-49(70)71)61-48(69)24-26-58-54(78)59-32-13-16-36-35(28-32)52(74)77-55(36)37-17-14-33(64)29-45(37)76-46-30-34(65)15-18-38(46)55;1-26(2)20-38(48-45(53)28(4)21-29-9-14-33(49)15-10-29)39(51)23-32(22-30-11-16-34(50)17-12-30)46(54)47-37-19-18-35-36(25-40(37)52)27(3)8-13-31-24-41(55-5)43(56-6)44(57-7)42(31)35/h3-5,8-9,13-18,28-30,39-42,64-65H,2,6-7,10-12,19-27H2,1H3,(H,60,68)(H,61,69)(H,62,72)(H,70,71)(H3,56,57,75)(H2,58,59,78);9-12,14-19,24-28,32,38,49-50H,8,13,20-23H2,1-7H3,(H,48,53)(H,47,52,54)/t39-,40-,41-,42-;27-,28-,32+,38-/m00/s1. The van der Waals surface area contributed by atoms with E-state index in [1.165, 1.54) is 41.3 Å². The highest BCUT2D eigenvalue weighted by Crippen LogP contribution is 2.58. The Bertz CT molecular complexity index is 5750. The lowest BCUT2D eigenvalue weighted by Crippen LogP contribution is -2.55. The van der Waals surface area contributed by atoms with Crippen molar-refractivity contribution in [2.45, 2.75) is 192 Å². The van der Waals surface area contributed by atoms with Crippen molar-refractivity contribution < 1.29 is 107 Å². The molecule has 3 aliphatic heterocycles. The molecule has 1 saturated heterocycles. The first-order valence-corrected chi connectivity index (χ1v) is 45.5. The number of carboxylic acid groups (broad SMARTS) is 1. The van der Waals surface area contributed by atoms with Crippen molar-refractivity contribution in [3.63, 3.8) is 0 Å². The molecule has 0 radical (unpaired) electrons. The van der Waals surface area contributed by atoms with Gasteiger partial charge in [0.25, 0.3) is 0 Å². The van der Waals surface area contributed by atoms with Gasteiger partial charge >= 0.3 is 18.0 Å². The number of ether oxygens (including phenoxy) is 5. The summed E-state index contributed by atoms with van der Waals surface area (Å²) in [5.41, 5.74) is 11.3. The molecule has 8 aromatic rings. The Morgan fingerprint density at radius 1 is 0.585 bits per heavy atom. The molecule has 135 heavy (non-hydrogen) atoms. The fourth-order valence-electron chi connectivity index (χ4n) is 17.4. The summed E-state index contributed by atoms with van der Waals surface area (Å²) in [5.74, 6) is -5.63. The highest BCUT2D eigenvalue weighted by atomic mass is 32.1. The first-order valence-electron chi connectivity index (χ1n) is 45.1. The summed E-state index contributed by atoms with van der Waals surface area (Å²) >= 11 is 5.49. The number of primary amides is 1. The molecule has 714 valence electrons. The van der Waals surface area contributed by atoms with E-state index in [4.69, 9.17) is 41.6 Å². The number of hydrogen-bond acceptors (Lipinski definition) is 23. The number of carboxylic acids is 1. The predicted molar refractivity (Wildman–Crippen MR) is 506 cm³/mol. The second-order valence-electron chi connectivity index (χ2n) is 34.5. The maximum Gasteiger partial charge on any atom is 0.340 e. The maximum absolute atomic E-state index is 14.3. The Hall–Kier alpha value is -14.4. The number of likely N-dealkylation sites (tertiary alicyclic amines) is 1. The Balaban J connectivity index is 0.000000273. The molecule has 33 nitrogen and oxygen atoms in total. The number of thiocarbonyl (C=S) groups is 1. The Labute approximate surface area is 786 Å². The minimum absolute atomic E-state index is 0.00507. The number of benzene rings is 7. The van der Waals surface area contributed by atoms with E-state index in [1.54, 1.807) is 114 Å². The number of phenolic OH excluding ortho intramolecular Hbond substituents is 4. The summed E-state index contributed by atoms with van der Waals surface area (Å²) in [6.07, 6.45) is 2.49. The molecule has 34 heteroatoms. The predicted octanol–water partition coefficient (Wildman–Crippen LogP) is 11.4. The highest BCUT2D eigenvalue weighted by Gasteiger charge is 2.54. The van der Waals surface area contributed by atoms with Gasteiger partial charge in [0, 0.05) is 110 Å². The molecule has 0 aromatic heterocycles. The van der Waals surface area contributed by atoms with Crippen LogP contribution in [0, 0.1) is 17.8 Å². The Morgan fingerprint density at radius 2 is 1.21 bits per heavy atom. The number of anilines is 2. The van der Waals surface area contributed by atoms with Gasteiger partial charge in [-0.1, -0.05) is 101 Å². The number of Topliss-reactive ketones (excluding diaryl/α,β-unsaturated/α-hetero) is 3. The van der Waals surface area contributed by atoms with E-state index < -0.39 is 107 Å². The molecule has 3 heterocycles. The van der Waals surface area contributed by atoms with Crippen LogP contribution in [0.15, 0.2) is 163 Å². The van der Waals surface area contributed by atoms with Crippen molar-refractivity contribution in [1.29, 1.82) is 0 Å². The molecule has 1 fully saturated rings. The van der Waals surface area contributed by atoms with E-state index in [-0.39, 0.29) is 169 Å². The SMILES string of the molecule is CCC(=O)[C@H](CCc1ccccc1)NC(=O)CCC(=O)[C@H](CCCNC(N)=O)NC(=O)[C@@H]1CCCN1C(=O)[C@H](CCC(=O)O)NC(=O)CCNC(=S)Nc1ccc2c(c1)C(=O)OC21c2ccc(O)cc2Oc2cc(O)ccc21.COc1cc2c(c(OC)c1OC)-c1ccc(NC(=O)[C@@H](CC(=O)[C@H](CC(C)C)NC(=O)[C@@H](C)Cc3ccc(O)cc3)Cc3ccc(O)cc3)c(=O)cc1[C@@H](C)CC2. The van der Waals surface area contributed by atoms with Gasteiger partial charge in [0.2, 0.25) is 46.6 Å². The monoisotopic (exact) mass is 1870 g/mol. The van der Waals surface area contributed by atoms with Crippen molar-refractivity contribution in [2.24, 2.45) is 23.5 Å². The number of aryl methyl sites for hydroxylation is 2. The van der Waals surface area contributed by atoms with E-state index in [0.717, 1.165) is 39.8 Å². The number of esters is 1.